The molecule has 6 heteroatoms. The molecule has 0 aliphatic rings. The molecule has 0 saturated carbocycles. The molecule has 94 valence electrons. The van der Waals surface area contributed by atoms with Gasteiger partial charge in [-0.2, -0.15) is 17.6 Å². The van der Waals surface area contributed by atoms with Gasteiger partial charge < -0.3 is 9.64 Å². The summed E-state index contributed by atoms with van der Waals surface area (Å²) in [5.74, 6) is 0.852. The van der Waals surface area contributed by atoms with Crippen LogP contribution in [-0.4, -0.2) is 35.1 Å². The lowest BCUT2D eigenvalue weighted by molar-refractivity contribution is 0.169. The monoisotopic (exact) mass is 255 g/mol. The van der Waals surface area contributed by atoms with Crippen molar-refractivity contribution in [1.82, 2.24) is 14.9 Å². The number of rotatable bonds is 2. The zero-order valence-electron chi connectivity index (χ0n) is 10.7. The van der Waals surface area contributed by atoms with Crippen molar-refractivity contribution in [2.45, 2.75) is 26.0 Å². The highest BCUT2D eigenvalue weighted by molar-refractivity contribution is 7.80. The maximum absolute atomic E-state index is 11.5. The molecule has 1 aromatic rings. The molecule has 0 aliphatic carbocycles. The van der Waals surface area contributed by atoms with Gasteiger partial charge in [-0.1, -0.05) is 0 Å². The minimum atomic E-state index is -0.455. The number of carbonyl (C=O) groups is 1. The number of carbonyl (C=O) groups excluding carboxylic acids is 1. The molecule has 0 spiro atoms. The molecular weight excluding hydrogens is 238 g/mol. The van der Waals surface area contributed by atoms with Gasteiger partial charge in [-0.15, -0.1) is 0 Å². The Morgan fingerprint density at radius 1 is 1.35 bits per heavy atom. The number of thiol groups is 1. The second kappa shape index (κ2) is 5.35. The van der Waals surface area contributed by atoms with Crippen molar-refractivity contribution in [3.8, 4) is 5.88 Å². The Bertz CT molecular complexity index is 433. The lowest BCUT2D eigenvalue weighted by atomic mass is 10.2. The maximum atomic E-state index is 11.5. The van der Waals surface area contributed by atoms with E-state index in [9.17, 15) is 4.79 Å². The van der Waals surface area contributed by atoms with E-state index in [0.717, 1.165) is 11.3 Å². The number of aryl methyl sites for hydroxylation is 1. The second-order valence-corrected chi connectivity index (χ2v) is 4.81. The predicted octanol–water partition coefficient (Wildman–Crippen LogP) is 2.14. The van der Waals surface area contributed by atoms with Crippen LogP contribution >= 0.6 is 12.6 Å². The van der Waals surface area contributed by atoms with Crippen LogP contribution < -0.4 is 4.74 Å². The number of nitrogens with zero attached hydrogens (tertiary/aromatic N) is 3. The van der Waals surface area contributed by atoms with Crippen molar-refractivity contribution < 1.29 is 9.53 Å². The summed E-state index contributed by atoms with van der Waals surface area (Å²) in [7, 11) is 3.24. The van der Waals surface area contributed by atoms with Gasteiger partial charge >= 0.3 is 6.09 Å². The van der Waals surface area contributed by atoms with E-state index in [1.165, 1.54) is 4.90 Å². The zero-order valence-corrected chi connectivity index (χ0v) is 11.6. The summed E-state index contributed by atoms with van der Waals surface area (Å²) < 4.78 is 5.18. The first-order chi connectivity index (χ1) is 7.82. The van der Waals surface area contributed by atoms with Crippen LogP contribution in [0.1, 0.15) is 29.3 Å². The van der Waals surface area contributed by atoms with E-state index in [4.69, 9.17) is 4.74 Å². The van der Waals surface area contributed by atoms with Crippen molar-refractivity contribution in [2.24, 2.45) is 0 Å². The third kappa shape index (κ3) is 3.33. The smallest absolute Gasteiger partial charge is 0.391 e. The van der Waals surface area contributed by atoms with E-state index >= 15 is 0 Å². The molecule has 0 aliphatic heterocycles. The van der Waals surface area contributed by atoms with Gasteiger partial charge in [0.1, 0.15) is 5.82 Å². The van der Waals surface area contributed by atoms with Crippen molar-refractivity contribution in [3.63, 3.8) is 0 Å². The summed E-state index contributed by atoms with van der Waals surface area (Å²) in [6, 6.07) is 0. The molecule has 1 unspecified atom stereocenters. The number of aromatic nitrogens is 2. The van der Waals surface area contributed by atoms with E-state index in [2.05, 4.69) is 22.6 Å². The number of amides is 1. The summed E-state index contributed by atoms with van der Waals surface area (Å²) in [6.07, 6.45) is -0.455. The van der Waals surface area contributed by atoms with Crippen molar-refractivity contribution in [3.05, 3.63) is 17.1 Å². The summed E-state index contributed by atoms with van der Waals surface area (Å²) in [4.78, 5) is 21.3. The normalized spacial score (nSPS) is 12.1. The average Bonchev–Trinajstić information content (AvgIpc) is 2.23. The maximum Gasteiger partial charge on any atom is 0.416 e. The molecule has 1 atom stereocenters. The highest BCUT2D eigenvalue weighted by Gasteiger charge is 2.15. The van der Waals surface area contributed by atoms with Crippen LogP contribution in [0, 0.1) is 13.8 Å². The Labute approximate surface area is 107 Å². The van der Waals surface area contributed by atoms with Gasteiger partial charge in [0.25, 0.3) is 0 Å². The van der Waals surface area contributed by atoms with Gasteiger partial charge in [-0.05, 0) is 20.8 Å². The van der Waals surface area contributed by atoms with Gasteiger partial charge in [0.05, 0.1) is 5.25 Å². The molecule has 0 saturated heterocycles. The first-order valence-electron chi connectivity index (χ1n) is 5.25. The molecule has 0 bridgehead atoms. The highest BCUT2D eigenvalue weighted by atomic mass is 32.1. The summed E-state index contributed by atoms with van der Waals surface area (Å²) in [5, 5.41) is -0.105. The zero-order chi connectivity index (χ0) is 13.2. The van der Waals surface area contributed by atoms with Crippen molar-refractivity contribution in [1.29, 1.82) is 0 Å². The molecule has 1 heterocycles. The summed E-state index contributed by atoms with van der Waals surface area (Å²) in [6.45, 7) is 5.54. The van der Waals surface area contributed by atoms with Gasteiger partial charge in [-0.3, -0.25) is 0 Å². The Morgan fingerprint density at radius 2 is 1.94 bits per heavy atom. The first-order valence-corrected chi connectivity index (χ1v) is 5.77. The lowest BCUT2D eigenvalue weighted by Crippen LogP contribution is -2.26. The second-order valence-electron chi connectivity index (χ2n) is 4.04. The molecule has 0 fully saturated rings. The first kappa shape index (κ1) is 13.8. The van der Waals surface area contributed by atoms with E-state index < -0.39 is 6.09 Å². The summed E-state index contributed by atoms with van der Waals surface area (Å²) in [5.41, 5.74) is 1.55. The minimum absolute atomic E-state index is 0.105. The van der Waals surface area contributed by atoms with Gasteiger partial charge in [-0.25, -0.2) is 9.78 Å². The van der Waals surface area contributed by atoms with Crippen LogP contribution in [0.5, 0.6) is 5.88 Å². The lowest BCUT2D eigenvalue weighted by Gasteiger charge is -2.14. The van der Waals surface area contributed by atoms with Crippen LogP contribution in [0.15, 0.2) is 0 Å². The molecular formula is C11H17N3O2S. The molecule has 17 heavy (non-hydrogen) atoms. The molecule has 0 aromatic carbocycles. The quantitative estimate of drug-likeness (QED) is 0.823. The number of ether oxygens (including phenoxy) is 1. The van der Waals surface area contributed by atoms with Crippen molar-refractivity contribution >= 4 is 18.7 Å². The number of hydrogen-bond donors (Lipinski definition) is 1. The van der Waals surface area contributed by atoms with Crippen LogP contribution in [0.4, 0.5) is 4.79 Å². The largest absolute Gasteiger partial charge is 0.416 e. The van der Waals surface area contributed by atoms with Gasteiger partial charge in [0.2, 0.25) is 5.88 Å². The fraction of sp³-hybridized carbons (Fsp3) is 0.545. The molecule has 1 rings (SSSR count). The van der Waals surface area contributed by atoms with E-state index in [0.29, 0.717) is 11.7 Å². The third-order valence-corrected chi connectivity index (χ3v) is 2.52. The minimum Gasteiger partial charge on any atom is -0.391 e. The Morgan fingerprint density at radius 3 is 2.41 bits per heavy atom. The van der Waals surface area contributed by atoms with Crippen LogP contribution in [-0.2, 0) is 0 Å². The van der Waals surface area contributed by atoms with Gasteiger partial charge in [0.15, 0.2) is 0 Å². The average molecular weight is 255 g/mol. The molecule has 1 aromatic heterocycles. The van der Waals surface area contributed by atoms with Crippen LogP contribution in [0.2, 0.25) is 0 Å². The predicted molar refractivity (Wildman–Crippen MR) is 68.6 cm³/mol. The Kier molecular flexibility index (Phi) is 4.34. The van der Waals surface area contributed by atoms with E-state index in [-0.39, 0.29) is 5.25 Å². The highest BCUT2D eigenvalue weighted by Crippen LogP contribution is 2.22. The van der Waals surface area contributed by atoms with E-state index in [1.807, 2.05) is 20.8 Å². The molecule has 5 nitrogen and oxygen atoms in total. The summed E-state index contributed by atoms with van der Waals surface area (Å²) >= 11 is 4.27. The van der Waals surface area contributed by atoms with Crippen LogP contribution in [0.3, 0.4) is 0 Å². The SMILES string of the molecule is Cc1nc(C(C)S)nc(OC(=O)N(C)C)c1C. The molecule has 1 amide bonds. The fourth-order valence-corrected chi connectivity index (χ4v) is 1.20. The number of hydrogen-bond acceptors (Lipinski definition) is 5. The molecule has 0 N–H and O–H groups in total. The van der Waals surface area contributed by atoms with E-state index in [1.54, 1.807) is 14.1 Å². The van der Waals surface area contributed by atoms with Crippen LogP contribution in [0.25, 0.3) is 0 Å². The third-order valence-electron chi connectivity index (χ3n) is 2.28. The fourth-order valence-electron chi connectivity index (χ4n) is 1.08. The topological polar surface area (TPSA) is 55.3 Å². The Hall–Kier alpha value is -1.30. The standard InChI is InChI=1S/C11H17N3O2S/c1-6-7(2)12-9(8(3)17)13-10(6)16-11(15)14(4)5/h8,17H,1-5H3. The molecule has 0 radical (unpaired) electrons. The Balaban J connectivity index is 3.10. The van der Waals surface area contributed by atoms with Crippen molar-refractivity contribution in [2.75, 3.05) is 14.1 Å². The van der Waals surface area contributed by atoms with Gasteiger partial charge in [0, 0.05) is 25.4 Å².